The number of β-amino-alcohol motifs (C(OH)–C–C–N with tert-alkyl or cyclic N) is 1. The third kappa shape index (κ3) is 4.30. The second-order valence-corrected chi connectivity index (χ2v) is 5.13. The number of aliphatic carboxylic acids is 1. The van der Waals surface area contributed by atoms with E-state index in [1.165, 1.54) is 0 Å². The van der Waals surface area contributed by atoms with Crippen LogP contribution in [0.2, 0.25) is 0 Å². The molecule has 0 radical (unpaired) electrons. The first kappa shape index (κ1) is 15.0. The molecule has 1 aliphatic heterocycles. The molecule has 0 amide bonds. The van der Waals surface area contributed by atoms with Crippen molar-refractivity contribution in [3.05, 3.63) is 35.9 Å². The van der Waals surface area contributed by atoms with Gasteiger partial charge in [-0.05, 0) is 12.0 Å². The van der Waals surface area contributed by atoms with Crippen LogP contribution >= 0.6 is 0 Å². The molecule has 2 atom stereocenters. The van der Waals surface area contributed by atoms with Gasteiger partial charge in [-0.25, -0.2) is 0 Å². The Bertz CT molecular complexity index is 423. The summed E-state index contributed by atoms with van der Waals surface area (Å²) in [6.07, 6.45) is 0.560. The number of ether oxygens (including phenoxy) is 1. The van der Waals surface area contributed by atoms with Crippen LogP contribution in [0.15, 0.2) is 30.3 Å². The number of nitrogens with zero attached hydrogens (tertiary/aromatic N) is 1. The van der Waals surface area contributed by atoms with Crippen molar-refractivity contribution in [3.8, 4) is 0 Å². The highest BCUT2D eigenvalue weighted by Gasteiger charge is 2.35. The van der Waals surface area contributed by atoms with Gasteiger partial charge in [-0.3, -0.25) is 9.69 Å². The molecule has 1 aromatic rings. The molecule has 1 fully saturated rings. The Labute approximate surface area is 118 Å². The molecule has 2 rings (SSSR count). The van der Waals surface area contributed by atoms with E-state index in [-0.39, 0.29) is 0 Å². The number of aliphatic hydroxyl groups is 1. The van der Waals surface area contributed by atoms with Crippen molar-refractivity contribution in [1.82, 2.24) is 4.90 Å². The molecule has 0 aliphatic carbocycles. The number of hydrogen-bond donors (Lipinski definition) is 2. The highest BCUT2D eigenvalue weighted by atomic mass is 16.5. The minimum atomic E-state index is -0.855. The van der Waals surface area contributed by atoms with Gasteiger partial charge in [0.2, 0.25) is 0 Å². The van der Waals surface area contributed by atoms with Crippen LogP contribution in [0.3, 0.4) is 0 Å². The molecule has 2 N–H and O–H groups in total. The Morgan fingerprint density at radius 2 is 2.10 bits per heavy atom. The molecular formula is C15H21NO4. The van der Waals surface area contributed by atoms with Gasteiger partial charge in [-0.15, -0.1) is 0 Å². The number of carboxylic acid groups (broad SMARTS) is 1. The Morgan fingerprint density at radius 3 is 2.80 bits per heavy atom. The molecule has 110 valence electrons. The number of likely N-dealkylation sites (tertiary alicyclic amines) is 1. The summed E-state index contributed by atoms with van der Waals surface area (Å²) in [5, 5.41) is 18.6. The van der Waals surface area contributed by atoms with Gasteiger partial charge in [0.25, 0.3) is 0 Å². The minimum Gasteiger partial charge on any atom is -0.480 e. The summed E-state index contributed by atoms with van der Waals surface area (Å²) in [7, 11) is 0. The standard InChI is InChI=1S/C15H21NO4/c17-13-9-14(15(18)19)16(10-13)7-4-8-20-11-12-5-2-1-3-6-12/h1-3,5-6,13-14,17H,4,7-11H2,(H,18,19)/t13-,14+/m1/s1. The van der Waals surface area contributed by atoms with Crippen LogP contribution in [0.4, 0.5) is 0 Å². The molecule has 1 aliphatic rings. The van der Waals surface area contributed by atoms with Crippen LogP contribution < -0.4 is 0 Å². The highest BCUT2D eigenvalue weighted by Crippen LogP contribution is 2.18. The summed E-state index contributed by atoms with van der Waals surface area (Å²) in [4.78, 5) is 12.9. The van der Waals surface area contributed by atoms with Gasteiger partial charge in [0.15, 0.2) is 0 Å². The van der Waals surface area contributed by atoms with Crippen molar-refractivity contribution >= 4 is 5.97 Å². The number of carbonyl (C=O) groups is 1. The zero-order valence-electron chi connectivity index (χ0n) is 11.4. The monoisotopic (exact) mass is 279 g/mol. The zero-order valence-corrected chi connectivity index (χ0v) is 11.4. The molecule has 1 aromatic carbocycles. The average molecular weight is 279 g/mol. The van der Waals surface area contributed by atoms with Gasteiger partial charge < -0.3 is 14.9 Å². The van der Waals surface area contributed by atoms with Crippen molar-refractivity contribution in [1.29, 1.82) is 0 Å². The van der Waals surface area contributed by atoms with Gasteiger partial charge in [0.05, 0.1) is 12.7 Å². The first-order valence-corrected chi connectivity index (χ1v) is 6.93. The zero-order chi connectivity index (χ0) is 14.4. The molecule has 0 bridgehead atoms. The summed E-state index contributed by atoms with van der Waals surface area (Å²) < 4.78 is 5.57. The average Bonchev–Trinajstić information content (AvgIpc) is 2.81. The molecule has 0 unspecified atom stereocenters. The fourth-order valence-corrected chi connectivity index (χ4v) is 2.52. The van der Waals surface area contributed by atoms with E-state index in [1.807, 2.05) is 35.2 Å². The highest BCUT2D eigenvalue weighted by molar-refractivity contribution is 5.74. The van der Waals surface area contributed by atoms with Crippen molar-refractivity contribution < 1.29 is 19.7 Å². The molecule has 1 heterocycles. The van der Waals surface area contributed by atoms with Gasteiger partial charge >= 0.3 is 5.97 Å². The van der Waals surface area contributed by atoms with E-state index in [0.29, 0.717) is 32.7 Å². The smallest absolute Gasteiger partial charge is 0.321 e. The lowest BCUT2D eigenvalue weighted by atomic mass is 10.2. The van der Waals surface area contributed by atoms with Crippen molar-refractivity contribution in [2.45, 2.75) is 31.6 Å². The van der Waals surface area contributed by atoms with Crippen molar-refractivity contribution in [3.63, 3.8) is 0 Å². The van der Waals surface area contributed by atoms with Crippen LogP contribution in [0.25, 0.3) is 0 Å². The lowest BCUT2D eigenvalue weighted by molar-refractivity contribution is -0.142. The van der Waals surface area contributed by atoms with E-state index in [1.54, 1.807) is 0 Å². The third-order valence-electron chi connectivity index (χ3n) is 3.51. The van der Waals surface area contributed by atoms with Gasteiger partial charge in [-0.1, -0.05) is 30.3 Å². The van der Waals surface area contributed by atoms with E-state index in [4.69, 9.17) is 9.84 Å². The van der Waals surface area contributed by atoms with Crippen molar-refractivity contribution in [2.24, 2.45) is 0 Å². The summed E-state index contributed by atoms with van der Waals surface area (Å²) >= 11 is 0. The summed E-state index contributed by atoms with van der Waals surface area (Å²) in [6, 6.07) is 9.38. The fraction of sp³-hybridized carbons (Fsp3) is 0.533. The second-order valence-electron chi connectivity index (χ2n) is 5.13. The first-order chi connectivity index (χ1) is 9.66. The normalized spacial score (nSPS) is 23.1. The lowest BCUT2D eigenvalue weighted by Gasteiger charge is -2.20. The van der Waals surface area contributed by atoms with Gasteiger partial charge in [-0.2, -0.15) is 0 Å². The largest absolute Gasteiger partial charge is 0.480 e. The van der Waals surface area contributed by atoms with E-state index in [2.05, 4.69) is 0 Å². The fourth-order valence-electron chi connectivity index (χ4n) is 2.52. The summed E-state index contributed by atoms with van der Waals surface area (Å²) in [5.41, 5.74) is 1.13. The van der Waals surface area contributed by atoms with Gasteiger partial charge in [0.1, 0.15) is 6.04 Å². The minimum absolute atomic E-state index is 0.320. The quantitative estimate of drug-likeness (QED) is 0.732. The Hall–Kier alpha value is -1.43. The molecule has 20 heavy (non-hydrogen) atoms. The number of aliphatic hydroxyl groups excluding tert-OH is 1. The van der Waals surface area contributed by atoms with Crippen LogP contribution in [0, 0.1) is 0 Å². The Kier molecular flexibility index (Phi) is 5.52. The van der Waals surface area contributed by atoms with Crippen LogP contribution in [-0.2, 0) is 16.1 Å². The van der Waals surface area contributed by atoms with Gasteiger partial charge in [0, 0.05) is 26.1 Å². The predicted octanol–water partition coefficient (Wildman–Crippen LogP) is 1.11. The number of hydrogen-bond acceptors (Lipinski definition) is 4. The maximum atomic E-state index is 11.0. The molecule has 0 spiro atoms. The number of rotatable bonds is 7. The van der Waals surface area contributed by atoms with E-state index in [0.717, 1.165) is 12.0 Å². The number of benzene rings is 1. The van der Waals surface area contributed by atoms with Crippen LogP contribution in [0.1, 0.15) is 18.4 Å². The first-order valence-electron chi connectivity index (χ1n) is 6.93. The molecule has 1 saturated heterocycles. The molecular weight excluding hydrogens is 258 g/mol. The SMILES string of the molecule is O=C(O)[C@@H]1C[C@@H](O)CN1CCCOCc1ccccc1. The maximum Gasteiger partial charge on any atom is 0.321 e. The predicted molar refractivity (Wildman–Crippen MR) is 74.3 cm³/mol. The lowest BCUT2D eigenvalue weighted by Crippen LogP contribution is -2.37. The number of carboxylic acids is 1. The maximum absolute atomic E-state index is 11.0. The van der Waals surface area contributed by atoms with E-state index >= 15 is 0 Å². The molecule has 5 nitrogen and oxygen atoms in total. The van der Waals surface area contributed by atoms with E-state index in [9.17, 15) is 9.90 Å². The van der Waals surface area contributed by atoms with E-state index < -0.39 is 18.1 Å². The molecule has 0 aromatic heterocycles. The molecule has 5 heteroatoms. The second kappa shape index (κ2) is 7.38. The topological polar surface area (TPSA) is 70.0 Å². The Balaban J connectivity index is 1.64. The van der Waals surface area contributed by atoms with Crippen LogP contribution in [-0.4, -0.2) is 52.9 Å². The summed E-state index contributed by atoms with van der Waals surface area (Å²) in [5.74, 6) is -0.855. The molecule has 0 saturated carbocycles. The van der Waals surface area contributed by atoms with Crippen molar-refractivity contribution in [2.75, 3.05) is 19.7 Å². The Morgan fingerprint density at radius 1 is 1.35 bits per heavy atom. The third-order valence-corrected chi connectivity index (χ3v) is 3.51. The van der Waals surface area contributed by atoms with Crippen LogP contribution in [0.5, 0.6) is 0 Å². The summed E-state index contributed by atoms with van der Waals surface area (Å²) in [6.45, 7) is 2.25.